The van der Waals surface area contributed by atoms with E-state index in [1.807, 2.05) is 26.8 Å². The third-order valence-electron chi connectivity index (χ3n) is 1.70. The molecule has 0 aromatic rings. The number of carbonyl (C=O) groups excluding carboxylic acids is 1. The van der Waals surface area contributed by atoms with Gasteiger partial charge in [0.25, 0.3) is 0 Å². The van der Waals surface area contributed by atoms with Crippen molar-refractivity contribution in [3.05, 3.63) is 12.2 Å². The monoisotopic (exact) mass is 257 g/mol. The maximum Gasteiger partial charge on any atom is 0.407 e. The van der Waals surface area contributed by atoms with Crippen LogP contribution in [0.1, 0.15) is 41.5 Å². The lowest BCUT2D eigenvalue weighted by atomic mass is 9.99. The largest absolute Gasteiger partial charge is 0.445 e. The molecule has 0 unspecified atom stereocenters. The minimum atomic E-state index is -0.400. The number of amides is 1. The number of carbonyl (C=O) groups is 1. The summed E-state index contributed by atoms with van der Waals surface area (Å²) in [6.45, 7) is 13.6. The Kier molecular flexibility index (Phi) is 6.99. The second-order valence-electron chi connectivity index (χ2n) is 6.52. The first kappa shape index (κ1) is 17.0. The number of hydrogen-bond acceptors (Lipinski definition) is 3. The number of nitrogens with one attached hydrogen (secondary N) is 1. The average Bonchev–Trinajstić information content (AvgIpc) is 2.11. The normalized spacial score (nSPS) is 12.8. The van der Waals surface area contributed by atoms with Gasteiger partial charge in [0.1, 0.15) is 6.61 Å². The average molecular weight is 257 g/mol. The molecule has 0 aliphatic carbocycles. The SMILES string of the molecule is CC(C)(C)COCC=CCOC(=O)NC(C)(C)C. The Morgan fingerprint density at radius 2 is 1.61 bits per heavy atom. The third kappa shape index (κ3) is 13.0. The van der Waals surface area contributed by atoms with Crippen molar-refractivity contribution in [2.75, 3.05) is 19.8 Å². The van der Waals surface area contributed by atoms with Crippen LogP contribution in [0.5, 0.6) is 0 Å². The minimum absolute atomic E-state index is 0.178. The van der Waals surface area contributed by atoms with Crippen LogP contribution in [-0.2, 0) is 9.47 Å². The van der Waals surface area contributed by atoms with Crippen LogP contribution in [0, 0.1) is 5.41 Å². The highest BCUT2D eigenvalue weighted by molar-refractivity contribution is 5.68. The predicted octanol–water partition coefficient (Wildman–Crippen LogP) is 3.13. The molecule has 18 heavy (non-hydrogen) atoms. The Morgan fingerprint density at radius 1 is 1.06 bits per heavy atom. The van der Waals surface area contributed by atoms with Crippen molar-refractivity contribution in [2.24, 2.45) is 5.41 Å². The first-order chi connectivity index (χ1) is 8.10. The molecular weight excluding hydrogens is 230 g/mol. The molecule has 0 saturated carbocycles. The fourth-order valence-electron chi connectivity index (χ4n) is 1.04. The van der Waals surface area contributed by atoms with E-state index in [2.05, 4.69) is 26.1 Å². The van der Waals surface area contributed by atoms with Gasteiger partial charge in [-0.15, -0.1) is 0 Å². The first-order valence-electron chi connectivity index (χ1n) is 6.28. The molecule has 0 rings (SSSR count). The first-order valence-corrected chi connectivity index (χ1v) is 6.28. The smallest absolute Gasteiger partial charge is 0.407 e. The van der Waals surface area contributed by atoms with E-state index >= 15 is 0 Å². The van der Waals surface area contributed by atoms with Crippen LogP contribution in [0.15, 0.2) is 12.2 Å². The van der Waals surface area contributed by atoms with E-state index in [-0.39, 0.29) is 17.6 Å². The maximum atomic E-state index is 11.3. The molecule has 0 saturated heterocycles. The van der Waals surface area contributed by atoms with Gasteiger partial charge in [0.05, 0.1) is 13.2 Å². The van der Waals surface area contributed by atoms with Crippen LogP contribution in [0.4, 0.5) is 4.79 Å². The molecule has 0 aromatic heterocycles. The van der Waals surface area contributed by atoms with Crippen molar-refractivity contribution < 1.29 is 14.3 Å². The molecule has 0 bridgehead atoms. The summed E-state index contributed by atoms with van der Waals surface area (Å²) in [5.74, 6) is 0. The molecule has 0 radical (unpaired) electrons. The summed E-state index contributed by atoms with van der Waals surface area (Å²) < 4.78 is 10.4. The molecule has 1 amide bonds. The molecule has 0 atom stereocenters. The number of ether oxygens (including phenoxy) is 2. The van der Waals surface area contributed by atoms with Gasteiger partial charge in [-0.25, -0.2) is 4.79 Å². The molecular formula is C14H27NO3. The maximum absolute atomic E-state index is 11.3. The van der Waals surface area contributed by atoms with Gasteiger partial charge in [-0.1, -0.05) is 26.8 Å². The lowest BCUT2D eigenvalue weighted by Gasteiger charge is -2.19. The van der Waals surface area contributed by atoms with Gasteiger partial charge < -0.3 is 14.8 Å². The molecule has 0 aliphatic heterocycles. The summed E-state index contributed by atoms with van der Waals surface area (Å²) in [6.07, 6.45) is 3.24. The molecule has 0 aliphatic rings. The van der Waals surface area contributed by atoms with E-state index in [1.165, 1.54) is 0 Å². The highest BCUT2D eigenvalue weighted by Gasteiger charge is 2.13. The summed E-state index contributed by atoms with van der Waals surface area (Å²) in [4.78, 5) is 11.3. The molecule has 1 N–H and O–H groups in total. The highest BCUT2D eigenvalue weighted by Crippen LogP contribution is 2.12. The van der Waals surface area contributed by atoms with Crippen LogP contribution in [-0.4, -0.2) is 31.5 Å². The molecule has 0 heterocycles. The van der Waals surface area contributed by atoms with Crippen LogP contribution < -0.4 is 5.32 Å². The predicted molar refractivity (Wildman–Crippen MR) is 73.7 cm³/mol. The molecule has 0 aromatic carbocycles. The van der Waals surface area contributed by atoms with Crippen LogP contribution in [0.25, 0.3) is 0 Å². The van der Waals surface area contributed by atoms with Crippen molar-refractivity contribution in [1.82, 2.24) is 5.32 Å². The quantitative estimate of drug-likeness (QED) is 0.608. The summed E-state index contributed by atoms with van der Waals surface area (Å²) in [6, 6.07) is 0. The molecule has 4 heteroatoms. The van der Waals surface area contributed by atoms with Crippen molar-refractivity contribution in [1.29, 1.82) is 0 Å². The number of alkyl carbamates (subject to hydrolysis) is 1. The molecule has 106 valence electrons. The van der Waals surface area contributed by atoms with Crippen LogP contribution in [0.2, 0.25) is 0 Å². The lowest BCUT2D eigenvalue weighted by molar-refractivity contribution is 0.0905. The Labute approximate surface area is 111 Å². The minimum Gasteiger partial charge on any atom is -0.445 e. The Hall–Kier alpha value is -1.03. The fourth-order valence-corrected chi connectivity index (χ4v) is 1.04. The van der Waals surface area contributed by atoms with Crippen molar-refractivity contribution in [3.63, 3.8) is 0 Å². The highest BCUT2D eigenvalue weighted by atomic mass is 16.5. The second kappa shape index (κ2) is 7.41. The van der Waals surface area contributed by atoms with E-state index in [0.717, 1.165) is 0 Å². The Bertz CT molecular complexity index is 272. The van der Waals surface area contributed by atoms with Gasteiger partial charge in [0, 0.05) is 5.54 Å². The second-order valence-corrected chi connectivity index (χ2v) is 6.52. The van der Waals surface area contributed by atoms with Crippen LogP contribution >= 0.6 is 0 Å². The van der Waals surface area contributed by atoms with E-state index in [4.69, 9.17) is 9.47 Å². The molecule has 0 fully saturated rings. The molecule has 4 nitrogen and oxygen atoms in total. The zero-order chi connectivity index (χ0) is 14.2. The summed E-state index contributed by atoms with van der Waals surface area (Å²) in [7, 11) is 0. The summed E-state index contributed by atoms with van der Waals surface area (Å²) in [5, 5.41) is 2.71. The van der Waals surface area contributed by atoms with Gasteiger partial charge in [-0.3, -0.25) is 0 Å². The van der Waals surface area contributed by atoms with Gasteiger partial charge in [-0.05, 0) is 32.3 Å². The lowest BCUT2D eigenvalue weighted by Crippen LogP contribution is -2.40. The number of rotatable bonds is 5. The fraction of sp³-hybridized carbons (Fsp3) is 0.786. The zero-order valence-electron chi connectivity index (χ0n) is 12.5. The molecule has 0 spiro atoms. The van der Waals surface area contributed by atoms with Crippen molar-refractivity contribution in [3.8, 4) is 0 Å². The van der Waals surface area contributed by atoms with Gasteiger partial charge in [0.2, 0.25) is 0 Å². The van der Waals surface area contributed by atoms with Gasteiger partial charge in [0.15, 0.2) is 0 Å². The van der Waals surface area contributed by atoms with Gasteiger partial charge in [-0.2, -0.15) is 0 Å². The van der Waals surface area contributed by atoms with E-state index in [1.54, 1.807) is 6.08 Å². The Morgan fingerprint density at radius 3 is 2.11 bits per heavy atom. The third-order valence-corrected chi connectivity index (χ3v) is 1.70. The standard InChI is InChI=1S/C14H27NO3/c1-13(2,3)11-17-9-7-8-10-18-12(16)15-14(4,5)6/h7-8H,9-11H2,1-6H3,(H,15,16). The van der Waals surface area contributed by atoms with E-state index in [0.29, 0.717) is 13.2 Å². The summed E-state index contributed by atoms with van der Waals surface area (Å²) in [5.41, 5.74) is -0.0897. The van der Waals surface area contributed by atoms with Crippen molar-refractivity contribution >= 4 is 6.09 Å². The number of hydrogen-bond donors (Lipinski definition) is 1. The van der Waals surface area contributed by atoms with E-state index in [9.17, 15) is 4.79 Å². The topological polar surface area (TPSA) is 47.6 Å². The Balaban J connectivity index is 3.58. The van der Waals surface area contributed by atoms with E-state index < -0.39 is 6.09 Å². The van der Waals surface area contributed by atoms with Crippen LogP contribution in [0.3, 0.4) is 0 Å². The zero-order valence-corrected chi connectivity index (χ0v) is 12.5. The van der Waals surface area contributed by atoms with Crippen molar-refractivity contribution in [2.45, 2.75) is 47.1 Å². The van der Waals surface area contributed by atoms with Gasteiger partial charge >= 0.3 is 6.09 Å². The summed E-state index contributed by atoms with van der Waals surface area (Å²) >= 11 is 0.